The molecule has 0 aromatic heterocycles. The monoisotopic (exact) mass is 275 g/mol. The van der Waals surface area contributed by atoms with Crippen LogP contribution in [0, 0.1) is 18.8 Å². The molecule has 3 rings (SSSR count). The molecule has 1 fully saturated rings. The molecule has 0 N–H and O–H groups in total. The number of aryl methyl sites for hydroxylation is 1. The van der Waals surface area contributed by atoms with Gasteiger partial charge in [-0.2, -0.15) is 0 Å². The largest absolute Gasteiger partial charge is 0.274 e. The number of rotatable bonds is 1. The standard InChI is InChI=1S/C15H14ClNO2/c1-9-6-7-10(16)8-13(9)17-14(18)11-4-2-3-5-12(11)15(17)19/h2-3,6-8,11-12H,4-5H2,1H3/t11-,12+. The van der Waals surface area contributed by atoms with E-state index >= 15 is 0 Å². The maximum Gasteiger partial charge on any atom is 0.238 e. The van der Waals surface area contributed by atoms with E-state index in [1.807, 2.05) is 25.1 Å². The lowest BCUT2D eigenvalue weighted by Gasteiger charge is -2.17. The number of hydrogen-bond acceptors (Lipinski definition) is 2. The number of carbonyl (C=O) groups is 2. The smallest absolute Gasteiger partial charge is 0.238 e. The van der Waals surface area contributed by atoms with Crippen molar-refractivity contribution in [3.05, 3.63) is 40.9 Å². The first kappa shape index (κ1) is 12.4. The third-order valence-electron chi connectivity index (χ3n) is 3.92. The number of hydrogen-bond donors (Lipinski definition) is 0. The van der Waals surface area contributed by atoms with Crippen LogP contribution in [0.25, 0.3) is 0 Å². The molecule has 0 bridgehead atoms. The summed E-state index contributed by atoms with van der Waals surface area (Å²) < 4.78 is 0. The lowest BCUT2D eigenvalue weighted by molar-refractivity contribution is -0.122. The summed E-state index contributed by atoms with van der Waals surface area (Å²) in [6.07, 6.45) is 5.29. The molecule has 2 aliphatic rings. The van der Waals surface area contributed by atoms with E-state index in [1.165, 1.54) is 4.90 Å². The number of halogens is 1. The van der Waals surface area contributed by atoms with Gasteiger partial charge in [0, 0.05) is 5.02 Å². The number of allylic oxidation sites excluding steroid dienone is 2. The van der Waals surface area contributed by atoms with E-state index in [0.29, 0.717) is 23.6 Å². The van der Waals surface area contributed by atoms with E-state index in [2.05, 4.69) is 0 Å². The molecule has 3 nitrogen and oxygen atoms in total. The summed E-state index contributed by atoms with van der Waals surface area (Å²) in [5.74, 6) is -0.582. The van der Waals surface area contributed by atoms with Gasteiger partial charge in [0.2, 0.25) is 11.8 Å². The Morgan fingerprint density at radius 2 is 1.68 bits per heavy atom. The van der Waals surface area contributed by atoms with Gasteiger partial charge in [-0.05, 0) is 37.5 Å². The summed E-state index contributed by atoms with van der Waals surface area (Å²) in [6.45, 7) is 1.88. The van der Waals surface area contributed by atoms with Crippen LogP contribution in [-0.2, 0) is 9.59 Å². The Hall–Kier alpha value is -1.61. The number of nitrogens with zero attached hydrogens (tertiary/aromatic N) is 1. The Bertz CT molecular complexity index is 568. The highest BCUT2D eigenvalue weighted by Gasteiger charge is 2.48. The molecule has 1 aromatic rings. The van der Waals surface area contributed by atoms with Crippen molar-refractivity contribution in [3.63, 3.8) is 0 Å². The van der Waals surface area contributed by atoms with Crippen LogP contribution in [0.15, 0.2) is 30.4 Å². The summed E-state index contributed by atoms with van der Waals surface area (Å²) in [5.41, 5.74) is 1.51. The zero-order valence-corrected chi connectivity index (χ0v) is 11.4. The van der Waals surface area contributed by atoms with Crippen molar-refractivity contribution >= 4 is 29.1 Å². The van der Waals surface area contributed by atoms with Gasteiger partial charge in [0.1, 0.15) is 0 Å². The molecule has 98 valence electrons. The topological polar surface area (TPSA) is 37.4 Å². The van der Waals surface area contributed by atoms with E-state index in [4.69, 9.17) is 11.6 Å². The predicted molar refractivity (Wildman–Crippen MR) is 74.0 cm³/mol. The van der Waals surface area contributed by atoms with Gasteiger partial charge in [-0.1, -0.05) is 29.8 Å². The van der Waals surface area contributed by atoms with Crippen molar-refractivity contribution in [3.8, 4) is 0 Å². The summed E-state index contributed by atoms with van der Waals surface area (Å²) in [4.78, 5) is 26.2. The Labute approximate surface area is 116 Å². The summed E-state index contributed by atoms with van der Waals surface area (Å²) in [6, 6.07) is 5.29. The molecule has 1 aliphatic heterocycles. The summed E-state index contributed by atoms with van der Waals surface area (Å²) in [5, 5.41) is 0.536. The molecule has 0 radical (unpaired) electrons. The average Bonchev–Trinajstić information content (AvgIpc) is 2.66. The van der Waals surface area contributed by atoms with E-state index in [0.717, 1.165) is 5.56 Å². The number of anilines is 1. The van der Waals surface area contributed by atoms with Crippen molar-refractivity contribution in [1.29, 1.82) is 0 Å². The van der Waals surface area contributed by atoms with E-state index in [1.54, 1.807) is 12.1 Å². The number of fused-ring (bicyclic) bond motifs is 1. The molecule has 1 aromatic carbocycles. The maximum atomic E-state index is 12.4. The molecule has 1 aliphatic carbocycles. The van der Waals surface area contributed by atoms with Gasteiger partial charge in [0.25, 0.3) is 0 Å². The van der Waals surface area contributed by atoms with Crippen LogP contribution in [0.1, 0.15) is 18.4 Å². The van der Waals surface area contributed by atoms with Crippen molar-refractivity contribution < 1.29 is 9.59 Å². The SMILES string of the molecule is Cc1ccc(Cl)cc1N1C(=O)[C@H]2CC=CC[C@H]2C1=O. The van der Waals surface area contributed by atoms with E-state index < -0.39 is 0 Å². The molecule has 2 atom stereocenters. The van der Waals surface area contributed by atoms with Gasteiger partial charge < -0.3 is 0 Å². The molecule has 2 amide bonds. The maximum absolute atomic E-state index is 12.4. The summed E-state index contributed by atoms with van der Waals surface area (Å²) in [7, 11) is 0. The second-order valence-corrected chi connectivity index (χ2v) is 5.53. The van der Waals surface area contributed by atoms with Crippen molar-refractivity contribution in [2.24, 2.45) is 11.8 Å². The zero-order valence-electron chi connectivity index (χ0n) is 10.6. The van der Waals surface area contributed by atoms with Gasteiger partial charge in [-0.15, -0.1) is 0 Å². The second-order valence-electron chi connectivity index (χ2n) is 5.10. The minimum atomic E-state index is -0.198. The van der Waals surface area contributed by atoms with Crippen molar-refractivity contribution in [2.75, 3.05) is 4.90 Å². The third-order valence-corrected chi connectivity index (χ3v) is 4.15. The molecule has 19 heavy (non-hydrogen) atoms. The number of imide groups is 1. The average molecular weight is 276 g/mol. The van der Waals surface area contributed by atoms with E-state index in [-0.39, 0.29) is 23.7 Å². The minimum absolute atomic E-state index is 0.0929. The molecule has 0 spiro atoms. The quantitative estimate of drug-likeness (QED) is 0.583. The summed E-state index contributed by atoms with van der Waals surface area (Å²) >= 11 is 5.98. The van der Waals surface area contributed by atoms with Gasteiger partial charge in [0.15, 0.2) is 0 Å². The lowest BCUT2D eigenvalue weighted by atomic mass is 9.85. The molecular formula is C15H14ClNO2. The first-order valence-electron chi connectivity index (χ1n) is 6.38. The first-order chi connectivity index (χ1) is 9.09. The Morgan fingerprint density at radius 3 is 2.26 bits per heavy atom. The number of benzene rings is 1. The first-order valence-corrected chi connectivity index (χ1v) is 6.76. The van der Waals surface area contributed by atoms with Crippen LogP contribution in [-0.4, -0.2) is 11.8 Å². The van der Waals surface area contributed by atoms with Crippen LogP contribution in [0.2, 0.25) is 5.02 Å². The van der Waals surface area contributed by atoms with Crippen molar-refractivity contribution in [1.82, 2.24) is 0 Å². The Morgan fingerprint density at radius 1 is 1.11 bits per heavy atom. The fourth-order valence-electron chi connectivity index (χ4n) is 2.86. The van der Waals surface area contributed by atoms with Crippen LogP contribution in [0.5, 0.6) is 0 Å². The second kappa shape index (κ2) is 4.49. The van der Waals surface area contributed by atoms with Crippen LogP contribution in [0.4, 0.5) is 5.69 Å². The lowest BCUT2D eigenvalue weighted by Crippen LogP contribution is -2.31. The van der Waals surface area contributed by atoms with Crippen molar-refractivity contribution in [2.45, 2.75) is 19.8 Å². The zero-order chi connectivity index (χ0) is 13.6. The van der Waals surface area contributed by atoms with Crippen LogP contribution < -0.4 is 4.90 Å². The molecule has 4 heteroatoms. The highest BCUT2D eigenvalue weighted by atomic mass is 35.5. The molecular weight excluding hydrogens is 262 g/mol. The molecule has 1 heterocycles. The number of carbonyl (C=O) groups excluding carboxylic acids is 2. The molecule has 1 saturated heterocycles. The highest BCUT2D eigenvalue weighted by Crippen LogP contribution is 2.39. The van der Waals surface area contributed by atoms with Gasteiger partial charge >= 0.3 is 0 Å². The number of amides is 2. The highest BCUT2D eigenvalue weighted by molar-refractivity contribution is 6.31. The molecule has 0 saturated carbocycles. The fourth-order valence-corrected chi connectivity index (χ4v) is 3.03. The van der Waals surface area contributed by atoms with Gasteiger partial charge in [0.05, 0.1) is 17.5 Å². The fraction of sp³-hybridized carbons (Fsp3) is 0.333. The van der Waals surface area contributed by atoms with Crippen LogP contribution in [0.3, 0.4) is 0 Å². The van der Waals surface area contributed by atoms with Crippen LogP contribution >= 0.6 is 11.6 Å². The normalized spacial score (nSPS) is 25.9. The minimum Gasteiger partial charge on any atom is -0.274 e. The predicted octanol–water partition coefficient (Wildman–Crippen LogP) is 3.10. The van der Waals surface area contributed by atoms with Gasteiger partial charge in [-0.25, -0.2) is 4.90 Å². The Kier molecular flexibility index (Phi) is 2.94. The van der Waals surface area contributed by atoms with Gasteiger partial charge in [-0.3, -0.25) is 9.59 Å². The third kappa shape index (κ3) is 1.89. The molecule has 0 unspecified atom stereocenters. The van der Waals surface area contributed by atoms with E-state index in [9.17, 15) is 9.59 Å². The Balaban J connectivity index is 2.04.